The molecule has 1 saturated carbocycles. The van der Waals surface area contributed by atoms with Crippen LogP contribution in [0.4, 0.5) is 22.0 Å². The summed E-state index contributed by atoms with van der Waals surface area (Å²) in [7, 11) is 0. The average molecular weight is 452 g/mol. The van der Waals surface area contributed by atoms with Gasteiger partial charge in [0.05, 0.1) is 12.2 Å². The van der Waals surface area contributed by atoms with Gasteiger partial charge in [0.25, 0.3) is 0 Å². The first-order valence-electron chi connectivity index (χ1n) is 11.4. The molecule has 1 saturated heterocycles. The van der Waals surface area contributed by atoms with Crippen LogP contribution in [0.25, 0.3) is 0 Å². The predicted octanol–water partition coefficient (Wildman–Crippen LogP) is 3.35. The molecule has 3 amide bonds. The Kier molecular flexibility index (Phi) is 7.07. The minimum atomic E-state index is -0.383. The number of nitrogens with one attached hydrogen (secondary N) is 2. The summed E-state index contributed by atoms with van der Waals surface area (Å²) in [6.45, 7) is 4.66. The molecule has 4 rings (SSSR count). The van der Waals surface area contributed by atoms with Gasteiger partial charge in [0, 0.05) is 49.7 Å². The van der Waals surface area contributed by atoms with E-state index in [4.69, 9.17) is 4.74 Å². The number of carbonyl (C=O) groups excluding carboxylic acids is 3. The lowest BCUT2D eigenvalue weighted by molar-refractivity contribution is -0.117. The van der Waals surface area contributed by atoms with Crippen molar-refractivity contribution < 1.29 is 19.1 Å². The normalized spacial score (nSPS) is 16.0. The Hall–Kier alpha value is -3.62. The third-order valence-corrected chi connectivity index (χ3v) is 5.70. The molecule has 1 aromatic heterocycles. The number of esters is 1. The van der Waals surface area contributed by atoms with E-state index >= 15 is 0 Å². The van der Waals surface area contributed by atoms with E-state index in [1.54, 1.807) is 24.0 Å². The number of hydrogen-bond acceptors (Lipinski definition) is 6. The SMILES string of the molecule is CCOC(=O)c1ccc(N2CCCN(C(=O)Nc3cccc(NC(=O)C4CC4)c3)CC2)nc1. The largest absolute Gasteiger partial charge is 0.462 e. The number of anilines is 3. The topological polar surface area (TPSA) is 104 Å². The summed E-state index contributed by atoms with van der Waals surface area (Å²) >= 11 is 0. The van der Waals surface area contributed by atoms with Crippen LogP contribution in [0.15, 0.2) is 42.6 Å². The van der Waals surface area contributed by atoms with Crippen LogP contribution in [0, 0.1) is 5.92 Å². The smallest absolute Gasteiger partial charge is 0.339 e. The molecule has 2 aromatic rings. The van der Waals surface area contributed by atoms with Crippen LogP contribution in [-0.2, 0) is 9.53 Å². The van der Waals surface area contributed by atoms with E-state index in [-0.39, 0.29) is 23.8 Å². The van der Waals surface area contributed by atoms with Crippen LogP contribution < -0.4 is 15.5 Å². The molecule has 1 aromatic carbocycles. The number of rotatable bonds is 6. The number of urea groups is 1. The molecule has 0 spiro atoms. The number of carbonyl (C=O) groups is 3. The fourth-order valence-electron chi connectivity index (χ4n) is 3.73. The van der Waals surface area contributed by atoms with Crippen molar-refractivity contribution in [3.8, 4) is 0 Å². The summed E-state index contributed by atoms with van der Waals surface area (Å²) in [6.07, 6.45) is 4.21. The molecule has 0 atom stereocenters. The van der Waals surface area contributed by atoms with Crippen molar-refractivity contribution in [3.63, 3.8) is 0 Å². The summed E-state index contributed by atoms with van der Waals surface area (Å²) in [5.41, 5.74) is 1.75. The Balaban J connectivity index is 1.31. The van der Waals surface area contributed by atoms with Crippen molar-refractivity contribution in [2.45, 2.75) is 26.2 Å². The van der Waals surface area contributed by atoms with Gasteiger partial charge in [-0.3, -0.25) is 4.79 Å². The Labute approximate surface area is 193 Å². The maximum atomic E-state index is 12.8. The van der Waals surface area contributed by atoms with Crippen LogP contribution in [0.2, 0.25) is 0 Å². The van der Waals surface area contributed by atoms with Crippen LogP contribution >= 0.6 is 0 Å². The molecule has 1 aliphatic heterocycles. The molecule has 174 valence electrons. The lowest BCUT2D eigenvalue weighted by atomic mass is 10.2. The summed E-state index contributed by atoms with van der Waals surface area (Å²) < 4.78 is 5.00. The van der Waals surface area contributed by atoms with E-state index in [1.807, 2.05) is 24.3 Å². The Morgan fingerprint density at radius 2 is 1.82 bits per heavy atom. The number of hydrogen-bond donors (Lipinski definition) is 2. The minimum absolute atomic E-state index is 0.0370. The van der Waals surface area contributed by atoms with E-state index in [2.05, 4.69) is 20.5 Å². The van der Waals surface area contributed by atoms with Gasteiger partial charge in [0.1, 0.15) is 5.82 Å². The van der Waals surface area contributed by atoms with Gasteiger partial charge in [-0.05, 0) is 56.5 Å². The van der Waals surface area contributed by atoms with Crippen molar-refractivity contribution in [1.82, 2.24) is 9.88 Å². The molecule has 9 heteroatoms. The third-order valence-electron chi connectivity index (χ3n) is 5.70. The van der Waals surface area contributed by atoms with Gasteiger partial charge in [-0.25, -0.2) is 14.6 Å². The van der Waals surface area contributed by atoms with E-state index in [1.165, 1.54) is 6.20 Å². The van der Waals surface area contributed by atoms with Gasteiger partial charge in [0.15, 0.2) is 0 Å². The lowest BCUT2D eigenvalue weighted by Crippen LogP contribution is -2.38. The van der Waals surface area contributed by atoms with Crippen molar-refractivity contribution >= 4 is 35.1 Å². The second kappa shape index (κ2) is 10.3. The van der Waals surface area contributed by atoms with Crippen LogP contribution in [-0.4, -0.2) is 60.6 Å². The second-order valence-electron chi connectivity index (χ2n) is 8.23. The van der Waals surface area contributed by atoms with Gasteiger partial charge in [-0.15, -0.1) is 0 Å². The highest BCUT2D eigenvalue weighted by Gasteiger charge is 2.29. The molecule has 2 heterocycles. The van der Waals surface area contributed by atoms with E-state index < -0.39 is 0 Å². The van der Waals surface area contributed by atoms with Crippen molar-refractivity contribution in [1.29, 1.82) is 0 Å². The summed E-state index contributed by atoms with van der Waals surface area (Å²) in [5.74, 6) is 0.546. The summed E-state index contributed by atoms with van der Waals surface area (Å²) in [5, 5.41) is 5.84. The van der Waals surface area contributed by atoms with Crippen LogP contribution in [0.5, 0.6) is 0 Å². The van der Waals surface area contributed by atoms with E-state index in [9.17, 15) is 14.4 Å². The quantitative estimate of drug-likeness (QED) is 0.653. The molecule has 1 aliphatic carbocycles. The van der Waals surface area contributed by atoms with E-state index in [0.29, 0.717) is 43.2 Å². The van der Waals surface area contributed by atoms with Gasteiger partial charge in [-0.1, -0.05) is 6.07 Å². The molecule has 0 bridgehead atoms. The number of amides is 3. The molecule has 2 fully saturated rings. The van der Waals surface area contributed by atoms with Gasteiger partial charge < -0.3 is 25.2 Å². The van der Waals surface area contributed by atoms with E-state index in [0.717, 1.165) is 31.6 Å². The number of aromatic nitrogens is 1. The molecule has 0 unspecified atom stereocenters. The summed E-state index contributed by atoms with van der Waals surface area (Å²) in [4.78, 5) is 44.9. The molecular formula is C24H29N5O4. The molecule has 2 aliphatic rings. The zero-order valence-corrected chi connectivity index (χ0v) is 18.8. The first kappa shape index (κ1) is 22.6. The maximum Gasteiger partial charge on any atom is 0.339 e. The maximum absolute atomic E-state index is 12.8. The Morgan fingerprint density at radius 3 is 2.52 bits per heavy atom. The highest BCUT2D eigenvalue weighted by atomic mass is 16.5. The fraction of sp³-hybridized carbons (Fsp3) is 0.417. The zero-order valence-electron chi connectivity index (χ0n) is 18.8. The third kappa shape index (κ3) is 6.00. The number of benzene rings is 1. The zero-order chi connectivity index (χ0) is 23.2. The number of ether oxygens (including phenoxy) is 1. The van der Waals surface area contributed by atoms with Crippen LogP contribution in [0.1, 0.15) is 36.5 Å². The van der Waals surface area contributed by atoms with Crippen molar-refractivity contribution in [2.75, 3.05) is 48.3 Å². The van der Waals surface area contributed by atoms with Gasteiger partial charge in [-0.2, -0.15) is 0 Å². The highest BCUT2D eigenvalue weighted by Crippen LogP contribution is 2.30. The average Bonchev–Trinajstić information content (AvgIpc) is 3.67. The lowest BCUT2D eigenvalue weighted by Gasteiger charge is -2.23. The number of nitrogens with zero attached hydrogens (tertiary/aromatic N) is 3. The predicted molar refractivity (Wildman–Crippen MR) is 125 cm³/mol. The van der Waals surface area contributed by atoms with Crippen molar-refractivity contribution in [2.24, 2.45) is 5.92 Å². The monoisotopic (exact) mass is 451 g/mol. The molecule has 0 radical (unpaired) electrons. The standard InChI is InChI=1S/C24H29N5O4/c1-2-33-23(31)18-9-10-21(25-16-18)28-11-4-12-29(14-13-28)24(32)27-20-6-3-5-19(15-20)26-22(30)17-7-8-17/h3,5-6,9-10,15-17H,2,4,7-8,11-14H2,1H3,(H,26,30)(H,27,32). The van der Waals surface area contributed by atoms with Crippen molar-refractivity contribution in [3.05, 3.63) is 48.2 Å². The van der Waals surface area contributed by atoms with Gasteiger partial charge in [0.2, 0.25) is 5.91 Å². The molecule has 9 nitrogen and oxygen atoms in total. The summed E-state index contributed by atoms with van der Waals surface area (Å²) in [6, 6.07) is 10.6. The minimum Gasteiger partial charge on any atom is -0.462 e. The first-order chi connectivity index (χ1) is 16.0. The first-order valence-corrected chi connectivity index (χ1v) is 11.4. The molecular weight excluding hydrogens is 422 g/mol. The second-order valence-corrected chi connectivity index (χ2v) is 8.23. The molecule has 33 heavy (non-hydrogen) atoms. The van der Waals surface area contributed by atoms with Crippen LogP contribution in [0.3, 0.4) is 0 Å². The highest BCUT2D eigenvalue weighted by molar-refractivity contribution is 5.95. The van der Waals surface area contributed by atoms with Gasteiger partial charge >= 0.3 is 12.0 Å². The fourth-order valence-corrected chi connectivity index (χ4v) is 3.73. The number of pyridine rings is 1. The molecule has 2 N–H and O–H groups in total. The Bertz CT molecular complexity index is 1010. The Morgan fingerprint density at radius 1 is 1.03 bits per heavy atom.